The Balaban J connectivity index is 1.74. The topological polar surface area (TPSA) is 84.5 Å². The minimum Gasteiger partial charge on any atom is -0.375 e. The van der Waals surface area contributed by atoms with Gasteiger partial charge in [-0.05, 0) is 6.42 Å². The molecule has 1 amide bonds. The van der Waals surface area contributed by atoms with Crippen LogP contribution < -0.4 is 10.6 Å². The number of carbonyl (C=O) groups excluding carboxylic acids is 1. The lowest BCUT2D eigenvalue weighted by Crippen LogP contribution is -2.43. The molecule has 0 spiro atoms. The molecule has 2 rings (SSSR count). The van der Waals surface area contributed by atoms with Gasteiger partial charge in [0.1, 0.15) is 0 Å². The predicted molar refractivity (Wildman–Crippen MR) is 62.4 cm³/mol. The Bertz CT molecular complexity index is 376. The molecule has 2 aliphatic heterocycles. The summed E-state index contributed by atoms with van der Waals surface area (Å²) in [6.45, 7) is 2.12. The molecule has 0 aromatic carbocycles. The second-order valence-corrected chi connectivity index (χ2v) is 6.80. The molecule has 17 heavy (non-hydrogen) atoms. The van der Waals surface area contributed by atoms with Crippen LogP contribution in [0.5, 0.6) is 0 Å². The van der Waals surface area contributed by atoms with Gasteiger partial charge in [-0.3, -0.25) is 4.79 Å². The van der Waals surface area contributed by atoms with Gasteiger partial charge in [0, 0.05) is 19.1 Å². The summed E-state index contributed by atoms with van der Waals surface area (Å²) in [6.07, 6.45) is 0.725. The largest absolute Gasteiger partial charge is 0.375 e. The van der Waals surface area contributed by atoms with Crippen LogP contribution in [-0.2, 0) is 19.4 Å². The van der Waals surface area contributed by atoms with Crippen molar-refractivity contribution in [2.24, 2.45) is 0 Å². The number of rotatable bonds is 3. The quantitative estimate of drug-likeness (QED) is 0.658. The molecule has 0 radical (unpaired) electrons. The minimum atomic E-state index is -2.93. The smallest absolute Gasteiger partial charge is 0.222 e. The summed E-state index contributed by atoms with van der Waals surface area (Å²) >= 11 is 0. The van der Waals surface area contributed by atoms with E-state index in [1.807, 2.05) is 0 Å². The van der Waals surface area contributed by atoms with Crippen LogP contribution >= 0.6 is 0 Å². The van der Waals surface area contributed by atoms with Crippen molar-refractivity contribution < 1.29 is 17.9 Å². The Morgan fingerprint density at radius 2 is 2.29 bits per heavy atom. The third kappa shape index (κ3) is 3.93. The van der Waals surface area contributed by atoms with Gasteiger partial charge in [0.25, 0.3) is 0 Å². The highest BCUT2D eigenvalue weighted by molar-refractivity contribution is 7.91. The van der Waals surface area contributed by atoms with E-state index in [2.05, 4.69) is 10.6 Å². The summed E-state index contributed by atoms with van der Waals surface area (Å²) in [7, 11) is -2.93. The van der Waals surface area contributed by atoms with Gasteiger partial charge in [-0.2, -0.15) is 0 Å². The van der Waals surface area contributed by atoms with Crippen molar-refractivity contribution in [2.45, 2.75) is 25.0 Å². The average Bonchev–Trinajstić information content (AvgIpc) is 2.59. The molecule has 7 heteroatoms. The van der Waals surface area contributed by atoms with E-state index in [1.165, 1.54) is 0 Å². The first kappa shape index (κ1) is 12.8. The van der Waals surface area contributed by atoms with Gasteiger partial charge in [-0.25, -0.2) is 8.42 Å². The molecule has 0 aliphatic carbocycles. The summed E-state index contributed by atoms with van der Waals surface area (Å²) in [5.74, 6) is 0.128. The average molecular weight is 262 g/mol. The zero-order valence-corrected chi connectivity index (χ0v) is 10.5. The van der Waals surface area contributed by atoms with E-state index in [-0.39, 0.29) is 29.6 Å². The number of ether oxygens (including phenoxy) is 1. The van der Waals surface area contributed by atoms with Gasteiger partial charge in [0.15, 0.2) is 9.84 Å². The Kier molecular flexibility index (Phi) is 4.01. The highest BCUT2D eigenvalue weighted by Gasteiger charge is 2.29. The molecule has 6 nitrogen and oxygen atoms in total. The Morgan fingerprint density at radius 1 is 1.47 bits per heavy atom. The number of morpholine rings is 1. The monoisotopic (exact) mass is 262 g/mol. The summed E-state index contributed by atoms with van der Waals surface area (Å²) in [5.41, 5.74) is 0. The molecule has 0 aromatic rings. The van der Waals surface area contributed by atoms with E-state index in [9.17, 15) is 13.2 Å². The molecule has 2 aliphatic rings. The van der Waals surface area contributed by atoms with Crippen LogP contribution in [0.15, 0.2) is 0 Å². The van der Waals surface area contributed by atoms with Crippen LogP contribution in [0, 0.1) is 0 Å². The fourth-order valence-electron chi connectivity index (χ4n) is 2.15. The molecule has 2 N–H and O–H groups in total. The molecule has 0 aromatic heterocycles. The summed E-state index contributed by atoms with van der Waals surface area (Å²) in [5, 5.41) is 5.90. The molecule has 2 saturated heterocycles. The summed E-state index contributed by atoms with van der Waals surface area (Å²) < 4.78 is 27.9. The van der Waals surface area contributed by atoms with Gasteiger partial charge < -0.3 is 15.4 Å². The van der Waals surface area contributed by atoms with Crippen molar-refractivity contribution in [1.29, 1.82) is 0 Å². The molecule has 0 saturated carbocycles. The fraction of sp³-hybridized carbons (Fsp3) is 0.900. The molecular formula is C10H18N2O4S. The number of sulfone groups is 1. The molecule has 0 bridgehead atoms. The van der Waals surface area contributed by atoms with Crippen LogP contribution in [0.1, 0.15) is 12.8 Å². The molecular weight excluding hydrogens is 244 g/mol. The SMILES string of the molecule is O=C(CC1CNCCO1)NC1CCS(=O)(=O)C1. The zero-order valence-electron chi connectivity index (χ0n) is 9.65. The molecule has 2 heterocycles. The van der Waals surface area contributed by atoms with E-state index in [0.717, 1.165) is 6.54 Å². The lowest BCUT2D eigenvalue weighted by molar-refractivity contribution is -0.125. The Labute approximate surface area is 101 Å². The Hall–Kier alpha value is -0.660. The summed E-state index contributed by atoms with van der Waals surface area (Å²) in [4.78, 5) is 11.7. The normalized spacial score (nSPS) is 32.2. The maximum Gasteiger partial charge on any atom is 0.222 e. The first-order valence-electron chi connectivity index (χ1n) is 5.87. The lowest BCUT2D eigenvalue weighted by Gasteiger charge is -2.23. The van der Waals surface area contributed by atoms with Crippen molar-refractivity contribution in [3.8, 4) is 0 Å². The standard InChI is InChI=1S/C10H18N2O4S/c13-10(5-9-6-11-2-3-16-9)12-8-1-4-17(14,15)7-8/h8-9,11H,1-7H2,(H,12,13). The van der Waals surface area contributed by atoms with E-state index in [1.54, 1.807) is 0 Å². The van der Waals surface area contributed by atoms with Gasteiger partial charge in [0.05, 0.1) is 30.6 Å². The number of hydrogen-bond donors (Lipinski definition) is 2. The number of carbonyl (C=O) groups is 1. The van der Waals surface area contributed by atoms with E-state index >= 15 is 0 Å². The van der Waals surface area contributed by atoms with Crippen LogP contribution in [0.2, 0.25) is 0 Å². The maximum atomic E-state index is 11.7. The third-order valence-electron chi connectivity index (χ3n) is 3.02. The lowest BCUT2D eigenvalue weighted by atomic mass is 10.2. The second-order valence-electron chi connectivity index (χ2n) is 4.57. The van der Waals surface area contributed by atoms with Crippen molar-refractivity contribution in [3.05, 3.63) is 0 Å². The van der Waals surface area contributed by atoms with E-state index < -0.39 is 9.84 Å². The van der Waals surface area contributed by atoms with Crippen molar-refractivity contribution in [1.82, 2.24) is 10.6 Å². The van der Waals surface area contributed by atoms with Crippen LogP contribution in [0.3, 0.4) is 0 Å². The van der Waals surface area contributed by atoms with E-state index in [0.29, 0.717) is 26.0 Å². The highest BCUT2D eigenvalue weighted by Crippen LogP contribution is 2.11. The molecule has 2 fully saturated rings. The van der Waals surface area contributed by atoms with Crippen LogP contribution in [0.25, 0.3) is 0 Å². The first-order valence-corrected chi connectivity index (χ1v) is 7.69. The van der Waals surface area contributed by atoms with Crippen molar-refractivity contribution in [3.63, 3.8) is 0 Å². The van der Waals surface area contributed by atoms with Crippen molar-refractivity contribution in [2.75, 3.05) is 31.2 Å². The Morgan fingerprint density at radius 3 is 2.88 bits per heavy atom. The minimum absolute atomic E-state index is 0.0719. The number of nitrogens with one attached hydrogen (secondary N) is 2. The molecule has 98 valence electrons. The second kappa shape index (κ2) is 5.32. The van der Waals surface area contributed by atoms with Gasteiger partial charge in [-0.1, -0.05) is 0 Å². The first-order chi connectivity index (χ1) is 8.05. The molecule has 2 unspecified atom stereocenters. The van der Waals surface area contributed by atoms with Crippen LogP contribution in [-0.4, -0.2) is 57.7 Å². The van der Waals surface area contributed by atoms with Crippen molar-refractivity contribution >= 4 is 15.7 Å². The van der Waals surface area contributed by atoms with Gasteiger partial charge >= 0.3 is 0 Å². The third-order valence-corrected chi connectivity index (χ3v) is 4.78. The zero-order chi connectivity index (χ0) is 12.3. The van der Waals surface area contributed by atoms with Crippen LogP contribution in [0.4, 0.5) is 0 Å². The van der Waals surface area contributed by atoms with Gasteiger partial charge in [-0.15, -0.1) is 0 Å². The summed E-state index contributed by atoms with van der Waals surface area (Å²) in [6, 6.07) is -0.218. The maximum absolute atomic E-state index is 11.7. The number of hydrogen-bond acceptors (Lipinski definition) is 5. The highest BCUT2D eigenvalue weighted by atomic mass is 32.2. The van der Waals surface area contributed by atoms with E-state index in [4.69, 9.17) is 4.74 Å². The fourth-order valence-corrected chi connectivity index (χ4v) is 3.83. The molecule has 2 atom stereocenters. The number of amides is 1. The van der Waals surface area contributed by atoms with Gasteiger partial charge in [0.2, 0.25) is 5.91 Å². The predicted octanol–water partition coefficient (Wildman–Crippen LogP) is -1.33.